The lowest BCUT2D eigenvalue weighted by molar-refractivity contribution is -0.0236. The van der Waals surface area contributed by atoms with Gasteiger partial charge in [-0.3, -0.25) is 0 Å². The Balaban J connectivity index is 2.55. The van der Waals surface area contributed by atoms with Crippen LogP contribution in [-0.4, -0.2) is 18.8 Å². The van der Waals surface area contributed by atoms with Crippen molar-refractivity contribution in [1.82, 2.24) is 0 Å². The van der Waals surface area contributed by atoms with Crippen LogP contribution in [0.1, 0.15) is 52.9 Å². The Labute approximate surface area is 94.6 Å². The molecule has 0 aromatic carbocycles. The first-order valence-corrected chi connectivity index (χ1v) is 6.32. The second-order valence-corrected chi connectivity index (χ2v) is 5.53. The monoisotopic (exact) mass is 213 g/mol. The Bertz CT molecular complexity index is 191. The maximum Gasteiger partial charge on any atom is 0.0775 e. The average Bonchev–Trinajstić information content (AvgIpc) is 2.28. The number of hydrogen-bond donors (Lipinski definition) is 1. The molecule has 0 radical (unpaired) electrons. The van der Waals surface area contributed by atoms with Gasteiger partial charge in [0.05, 0.1) is 5.60 Å². The summed E-state index contributed by atoms with van der Waals surface area (Å²) in [5, 5.41) is 0. The zero-order valence-corrected chi connectivity index (χ0v) is 10.8. The van der Waals surface area contributed by atoms with E-state index in [-0.39, 0.29) is 11.6 Å². The van der Waals surface area contributed by atoms with Crippen LogP contribution in [0.4, 0.5) is 0 Å². The molecule has 1 aliphatic rings. The third kappa shape index (κ3) is 3.18. The predicted octanol–water partition coefficient (Wildman–Crippen LogP) is 2.96. The third-order valence-corrected chi connectivity index (χ3v) is 4.24. The van der Waals surface area contributed by atoms with Crippen molar-refractivity contribution in [1.29, 1.82) is 0 Å². The molecule has 0 aromatic rings. The minimum Gasteiger partial charge on any atom is -0.377 e. The molecule has 0 bridgehead atoms. The number of rotatable bonds is 4. The van der Waals surface area contributed by atoms with Gasteiger partial charge in [0.1, 0.15) is 0 Å². The van der Waals surface area contributed by atoms with Crippen molar-refractivity contribution < 1.29 is 4.74 Å². The summed E-state index contributed by atoms with van der Waals surface area (Å²) in [6.07, 6.45) is 6.62. The highest BCUT2D eigenvalue weighted by Gasteiger charge is 2.35. The van der Waals surface area contributed by atoms with E-state index >= 15 is 0 Å². The number of nitrogens with two attached hydrogens (primary N) is 1. The molecule has 3 unspecified atom stereocenters. The van der Waals surface area contributed by atoms with Crippen molar-refractivity contribution in [2.45, 2.75) is 64.5 Å². The average molecular weight is 213 g/mol. The van der Waals surface area contributed by atoms with Gasteiger partial charge in [-0.15, -0.1) is 0 Å². The highest BCUT2D eigenvalue weighted by Crippen LogP contribution is 2.35. The van der Waals surface area contributed by atoms with Gasteiger partial charge in [-0.1, -0.05) is 26.2 Å². The molecule has 3 atom stereocenters. The van der Waals surface area contributed by atoms with Gasteiger partial charge in [0, 0.05) is 13.2 Å². The Kier molecular flexibility index (Phi) is 4.60. The minimum atomic E-state index is -0.180. The van der Waals surface area contributed by atoms with Crippen molar-refractivity contribution in [2.75, 3.05) is 7.11 Å². The van der Waals surface area contributed by atoms with E-state index in [0.29, 0.717) is 5.92 Å². The quantitative estimate of drug-likeness (QED) is 0.779. The molecular formula is C13H27NO. The van der Waals surface area contributed by atoms with Gasteiger partial charge >= 0.3 is 0 Å². The SMILES string of the molecule is CCC1CCCC(C(N)C(C)(C)OC)C1. The first-order chi connectivity index (χ1) is 7.01. The van der Waals surface area contributed by atoms with Gasteiger partial charge in [0.15, 0.2) is 0 Å². The van der Waals surface area contributed by atoms with Gasteiger partial charge < -0.3 is 10.5 Å². The summed E-state index contributed by atoms with van der Waals surface area (Å²) in [5.74, 6) is 1.54. The fraction of sp³-hybridized carbons (Fsp3) is 1.00. The van der Waals surface area contributed by atoms with Crippen LogP contribution in [0, 0.1) is 11.8 Å². The number of methoxy groups -OCH3 is 1. The van der Waals surface area contributed by atoms with E-state index in [1.54, 1.807) is 7.11 Å². The lowest BCUT2D eigenvalue weighted by atomic mass is 9.73. The van der Waals surface area contributed by atoms with E-state index in [2.05, 4.69) is 20.8 Å². The molecule has 2 heteroatoms. The first-order valence-electron chi connectivity index (χ1n) is 6.32. The van der Waals surface area contributed by atoms with Gasteiger partial charge in [-0.2, -0.15) is 0 Å². The second kappa shape index (κ2) is 5.31. The molecule has 0 spiro atoms. The van der Waals surface area contributed by atoms with Gasteiger partial charge in [0.25, 0.3) is 0 Å². The molecule has 0 aromatic heterocycles. The molecule has 2 nitrogen and oxygen atoms in total. The number of hydrogen-bond acceptors (Lipinski definition) is 2. The normalized spacial score (nSPS) is 30.2. The molecule has 0 saturated heterocycles. The molecule has 1 rings (SSSR count). The largest absolute Gasteiger partial charge is 0.377 e. The zero-order valence-electron chi connectivity index (χ0n) is 10.8. The van der Waals surface area contributed by atoms with Gasteiger partial charge in [-0.05, 0) is 38.5 Å². The molecule has 15 heavy (non-hydrogen) atoms. The highest BCUT2D eigenvalue weighted by molar-refractivity contribution is 4.90. The van der Waals surface area contributed by atoms with E-state index in [1.807, 2.05) is 0 Å². The molecule has 1 fully saturated rings. The number of ether oxygens (including phenoxy) is 1. The van der Waals surface area contributed by atoms with Crippen LogP contribution in [0.5, 0.6) is 0 Å². The summed E-state index contributed by atoms with van der Waals surface area (Å²) in [6.45, 7) is 6.50. The fourth-order valence-electron chi connectivity index (χ4n) is 2.73. The molecular weight excluding hydrogens is 186 g/mol. The summed E-state index contributed by atoms with van der Waals surface area (Å²) < 4.78 is 5.50. The van der Waals surface area contributed by atoms with Crippen LogP contribution in [0.3, 0.4) is 0 Å². The summed E-state index contributed by atoms with van der Waals surface area (Å²) in [4.78, 5) is 0. The van der Waals surface area contributed by atoms with Crippen molar-refractivity contribution in [3.8, 4) is 0 Å². The third-order valence-electron chi connectivity index (χ3n) is 4.24. The Morgan fingerprint density at radius 2 is 2.07 bits per heavy atom. The predicted molar refractivity (Wildman–Crippen MR) is 64.8 cm³/mol. The molecule has 0 aliphatic heterocycles. The second-order valence-electron chi connectivity index (χ2n) is 5.53. The Morgan fingerprint density at radius 1 is 1.40 bits per heavy atom. The maximum absolute atomic E-state index is 6.33. The summed E-state index contributed by atoms with van der Waals surface area (Å²) in [6, 6.07) is 0.178. The van der Waals surface area contributed by atoms with Crippen molar-refractivity contribution >= 4 is 0 Å². The molecule has 90 valence electrons. The van der Waals surface area contributed by atoms with E-state index in [1.165, 1.54) is 32.1 Å². The summed E-state index contributed by atoms with van der Waals surface area (Å²) >= 11 is 0. The fourth-order valence-corrected chi connectivity index (χ4v) is 2.73. The topological polar surface area (TPSA) is 35.2 Å². The van der Waals surface area contributed by atoms with E-state index < -0.39 is 0 Å². The van der Waals surface area contributed by atoms with Crippen molar-refractivity contribution in [3.63, 3.8) is 0 Å². The van der Waals surface area contributed by atoms with E-state index in [0.717, 1.165) is 5.92 Å². The lowest BCUT2D eigenvalue weighted by Gasteiger charge is -2.39. The van der Waals surface area contributed by atoms with Gasteiger partial charge in [0.2, 0.25) is 0 Å². The summed E-state index contributed by atoms with van der Waals surface area (Å²) in [7, 11) is 1.76. The first kappa shape index (κ1) is 13.0. The van der Waals surface area contributed by atoms with E-state index in [4.69, 9.17) is 10.5 Å². The van der Waals surface area contributed by atoms with Crippen molar-refractivity contribution in [3.05, 3.63) is 0 Å². The smallest absolute Gasteiger partial charge is 0.0775 e. The van der Waals surface area contributed by atoms with Crippen molar-refractivity contribution in [2.24, 2.45) is 17.6 Å². The zero-order chi connectivity index (χ0) is 11.5. The van der Waals surface area contributed by atoms with Crippen LogP contribution in [0.25, 0.3) is 0 Å². The Morgan fingerprint density at radius 3 is 2.60 bits per heavy atom. The molecule has 0 heterocycles. The molecule has 2 N–H and O–H groups in total. The standard InChI is InChI=1S/C13H27NO/c1-5-10-7-6-8-11(9-10)12(14)13(2,3)15-4/h10-12H,5-9,14H2,1-4H3. The minimum absolute atomic E-state index is 0.178. The van der Waals surface area contributed by atoms with Crippen LogP contribution >= 0.6 is 0 Å². The van der Waals surface area contributed by atoms with Gasteiger partial charge in [-0.25, -0.2) is 0 Å². The summed E-state index contributed by atoms with van der Waals surface area (Å²) in [5.41, 5.74) is 6.15. The Hall–Kier alpha value is -0.0800. The van der Waals surface area contributed by atoms with E-state index in [9.17, 15) is 0 Å². The van der Waals surface area contributed by atoms with Crippen LogP contribution < -0.4 is 5.73 Å². The maximum atomic E-state index is 6.33. The highest BCUT2D eigenvalue weighted by atomic mass is 16.5. The van der Waals surface area contributed by atoms with Crippen LogP contribution in [0.2, 0.25) is 0 Å². The van der Waals surface area contributed by atoms with Crippen LogP contribution in [-0.2, 0) is 4.74 Å². The molecule has 1 aliphatic carbocycles. The lowest BCUT2D eigenvalue weighted by Crippen LogP contribution is -2.50. The van der Waals surface area contributed by atoms with Crippen LogP contribution in [0.15, 0.2) is 0 Å². The molecule has 0 amide bonds. The molecule has 1 saturated carbocycles.